The van der Waals surface area contributed by atoms with Gasteiger partial charge >= 0.3 is 0 Å². The van der Waals surface area contributed by atoms with Crippen LogP contribution in [0.3, 0.4) is 0 Å². The first-order valence-electron chi connectivity index (χ1n) is 8.53. The number of carbonyl (C=O) groups excluding carboxylic acids is 1. The number of rotatable bonds is 5. The monoisotopic (exact) mass is 327 g/mol. The molecule has 5 nitrogen and oxygen atoms in total. The molecule has 5 heteroatoms. The molecule has 1 saturated heterocycles. The lowest BCUT2D eigenvalue weighted by molar-refractivity contribution is 0.0938. The Labute approximate surface area is 142 Å². The third kappa shape index (κ3) is 3.04. The van der Waals surface area contributed by atoms with Gasteiger partial charge in [-0.2, -0.15) is 0 Å². The van der Waals surface area contributed by atoms with Gasteiger partial charge in [0.05, 0.1) is 12.7 Å². The molecular formula is C19H25N3O2. The van der Waals surface area contributed by atoms with Crippen LogP contribution in [0.5, 0.6) is 5.75 Å². The normalized spacial score (nSPS) is 18.0. The molecule has 24 heavy (non-hydrogen) atoms. The molecule has 1 fully saturated rings. The predicted octanol–water partition coefficient (Wildman–Crippen LogP) is 2.64. The van der Waals surface area contributed by atoms with Gasteiger partial charge in [0.2, 0.25) is 0 Å². The molecule has 0 aromatic heterocycles. The smallest absolute Gasteiger partial charge is 0.255 e. The molecule has 0 saturated carbocycles. The van der Waals surface area contributed by atoms with Gasteiger partial charge in [-0.25, -0.2) is 0 Å². The molecule has 2 aromatic carbocycles. The van der Waals surface area contributed by atoms with Crippen molar-refractivity contribution in [3.05, 3.63) is 35.9 Å². The summed E-state index contributed by atoms with van der Waals surface area (Å²) in [6.07, 6.45) is 2.33. The Balaban J connectivity index is 1.84. The van der Waals surface area contributed by atoms with Crippen LogP contribution < -0.4 is 15.8 Å². The number of fused-ring (bicyclic) bond motifs is 1. The third-order valence-corrected chi connectivity index (χ3v) is 4.88. The lowest BCUT2D eigenvalue weighted by Crippen LogP contribution is -2.40. The minimum absolute atomic E-state index is 0.132. The van der Waals surface area contributed by atoms with Crippen molar-refractivity contribution in [3.8, 4) is 5.75 Å². The first-order chi connectivity index (χ1) is 11.7. The van der Waals surface area contributed by atoms with E-state index in [1.807, 2.05) is 24.3 Å². The molecule has 3 rings (SSSR count). The SMILES string of the molecule is CCN1CCCC1CNC(=O)c1cc(N)c2ccccc2c1OC. The fourth-order valence-corrected chi connectivity index (χ4v) is 3.61. The van der Waals surface area contributed by atoms with Gasteiger partial charge in [-0.05, 0) is 32.0 Å². The fraction of sp³-hybridized carbons (Fsp3) is 0.421. The number of nitrogens with two attached hydrogens (primary N) is 1. The topological polar surface area (TPSA) is 67.6 Å². The molecule has 0 bridgehead atoms. The molecule has 1 heterocycles. The number of likely N-dealkylation sites (tertiary alicyclic amines) is 1. The number of hydrogen-bond acceptors (Lipinski definition) is 4. The second-order valence-corrected chi connectivity index (χ2v) is 6.23. The average Bonchev–Trinajstić information content (AvgIpc) is 3.07. The standard InChI is InChI=1S/C19H25N3O2/c1-3-22-10-6-7-13(22)12-21-19(23)16-11-17(20)14-8-4-5-9-15(14)18(16)24-2/h4-5,8-9,11,13H,3,6-7,10,12,20H2,1-2H3,(H,21,23). The van der Waals surface area contributed by atoms with Crippen LogP contribution in [0.25, 0.3) is 10.8 Å². The maximum absolute atomic E-state index is 12.7. The molecule has 2 aromatic rings. The third-order valence-electron chi connectivity index (χ3n) is 4.88. The molecule has 1 aliphatic rings. The van der Waals surface area contributed by atoms with Crippen LogP contribution in [-0.2, 0) is 0 Å². The van der Waals surface area contributed by atoms with Crippen LogP contribution >= 0.6 is 0 Å². The van der Waals surface area contributed by atoms with E-state index in [-0.39, 0.29) is 5.91 Å². The summed E-state index contributed by atoms with van der Waals surface area (Å²) in [7, 11) is 1.59. The number of anilines is 1. The van der Waals surface area contributed by atoms with Gasteiger partial charge in [-0.15, -0.1) is 0 Å². The molecule has 0 aliphatic carbocycles. The Morgan fingerprint density at radius 1 is 1.38 bits per heavy atom. The van der Waals surface area contributed by atoms with Gasteiger partial charge < -0.3 is 15.8 Å². The van der Waals surface area contributed by atoms with Gasteiger partial charge in [0.25, 0.3) is 5.91 Å². The van der Waals surface area contributed by atoms with Crippen LogP contribution in [0, 0.1) is 0 Å². The average molecular weight is 327 g/mol. The molecule has 3 N–H and O–H groups in total. The van der Waals surface area contributed by atoms with E-state index in [1.165, 1.54) is 6.42 Å². The zero-order valence-corrected chi connectivity index (χ0v) is 14.3. The van der Waals surface area contributed by atoms with Crippen LogP contribution in [0.1, 0.15) is 30.1 Å². The number of benzene rings is 2. The van der Waals surface area contributed by atoms with E-state index in [2.05, 4.69) is 17.1 Å². The molecule has 1 amide bonds. The Hall–Kier alpha value is -2.27. The highest BCUT2D eigenvalue weighted by Gasteiger charge is 2.24. The summed E-state index contributed by atoms with van der Waals surface area (Å²) in [5, 5.41) is 4.82. The molecule has 128 valence electrons. The summed E-state index contributed by atoms with van der Waals surface area (Å²) >= 11 is 0. The largest absolute Gasteiger partial charge is 0.495 e. The summed E-state index contributed by atoms with van der Waals surface area (Å²) < 4.78 is 5.52. The Kier molecular flexibility index (Phi) is 4.90. The van der Waals surface area contributed by atoms with E-state index in [4.69, 9.17) is 10.5 Å². The second-order valence-electron chi connectivity index (χ2n) is 6.23. The first-order valence-corrected chi connectivity index (χ1v) is 8.53. The van der Waals surface area contributed by atoms with Crippen LogP contribution in [-0.4, -0.2) is 43.6 Å². The zero-order chi connectivity index (χ0) is 17.1. The number of nitrogens with zero attached hydrogens (tertiary/aromatic N) is 1. The maximum Gasteiger partial charge on any atom is 0.255 e. The number of nitrogens with one attached hydrogen (secondary N) is 1. The van der Waals surface area contributed by atoms with Crippen molar-refractivity contribution in [2.75, 3.05) is 32.5 Å². The van der Waals surface area contributed by atoms with Crippen molar-refractivity contribution in [3.63, 3.8) is 0 Å². The first kappa shape index (κ1) is 16.6. The van der Waals surface area contributed by atoms with E-state index in [0.29, 0.717) is 29.6 Å². The number of nitrogen functional groups attached to an aromatic ring is 1. The minimum atomic E-state index is -0.132. The lowest BCUT2D eigenvalue weighted by Gasteiger charge is -2.23. The highest BCUT2D eigenvalue weighted by atomic mass is 16.5. The van der Waals surface area contributed by atoms with Crippen molar-refractivity contribution < 1.29 is 9.53 Å². The number of amides is 1. The van der Waals surface area contributed by atoms with Gasteiger partial charge in [0.1, 0.15) is 5.75 Å². The molecule has 1 aliphatic heterocycles. The quantitative estimate of drug-likeness (QED) is 0.829. The Morgan fingerprint density at radius 2 is 2.12 bits per heavy atom. The van der Waals surface area contributed by atoms with Gasteiger partial charge in [0.15, 0.2) is 0 Å². The van der Waals surface area contributed by atoms with Gasteiger partial charge in [-0.3, -0.25) is 9.69 Å². The van der Waals surface area contributed by atoms with Crippen molar-refractivity contribution >= 4 is 22.4 Å². The van der Waals surface area contributed by atoms with Crippen molar-refractivity contribution in [1.29, 1.82) is 0 Å². The summed E-state index contributed by atoms with van der Waals surface area (Å²) in [5.74, 6) is 0.448. The van der Waals surface area contributed by atoms with E-state index < -0.39 is 0 Å². The van der Waals surface area contributed by atoms with Crippen molar-refractivity contribution in [1.82, 2.24) is 10.2 Å². The summed E-state index contributed by atoms with van der Waals surface area (Å²) in [5.41, 5.74) is 7.22. The summed E-state index contributed by atoms with van der Waals surface area (Å²) in [6.45, 7) is 4.95. The Morgan fingerprint density at radius 3 is 2.83 bits per heavy atom. The lowest BCUT2D eigenvalue weighted by atomic mass is 10.0. The molecule has 1 unspecified atom stereocenters. The maximum atomic E-state index is 12.7. The van der Waals surface area contributed by atoms with Gasteiger partial charge in [-0.1, -0.05) is 31.2 Å². The Bertz CT molecular complexity index is 745. The second kappa shape index (κ2) is 7.09. The highest BCUT2D eigenvalue weighted by Crippen LogP contribution is 2.34. The van der Waals surface area contributed by atoms with E-state index in [0.717, 1.165) is 30.3 Å². The van der Waals surface area contributed by atoms with Crippen LogP contribution in [0.2, 0.25) is 0 Å². The number of carbonyl (C=O) groups is 1. The molecule has 0 spiro atoms. The van der Waals surface area contributed by atoms with Gasteiger partial charge in [0, 0.05) is 29.0 Å². The summed E-state index contributed by atoms with van der Waals surface area (Å²) in [6, 6.07) is 9.84. The molecular weight excluding hydrogens is 302 g/mol. The molecule has 1 atom stereocenters. The number of ether oxygens (including phenoxy) is 1. The highest BCUT2D eigenvalue weighted by molar-refractivity contribution is 6.08. The number of likely N-dealkylation sites (N-methyl/N-ethyl adjacent to an activating group) is 1. The molecule has 0 radical (unpaired) electrons. The fourth-order valence-electron chi connectivity index (χ4n) is 3.61. The predicted molar refractivity (Wildman–Crippen MR) is 97.5 cm³/mol. The number of methoxy groups -OCH3 is 1. The zero-order valence-electron chi connectivity index (χ0n) is 14.3. The van der Waals surface area contributed by atoms with Crippen LogP contribution in [0.4, 0.5) is 5.69 Å². The summed E-state index contributed by atoms with van der Waals surface area (Å²) in [4.78, 5) is 15.1. The van der Waals surface area contributed by atoms with Crippen LogP contribution in [0.15, 0.2) is 30.3 Å². The van der Waals surface area contributed by atoms with Crippen molar-refractivity contribution in [2.24, 2.45) is 0 Å². The van der Waals surface area contributed by atoms with Crippen molar-refractivity contribution in [2.45, 2.75) is 25.8 Å². The number of hydrogen-bond donors (Lipinski definition) is 2. The van der Waals surface area contributed by atoms with E-state index in [9.17, 15) is 4.79 Å². The minimum Gasteiger partial charge on any atom is -0.495 e. The van der Waals surface area contributed by atoms with E-state index in [1.54, 1.807) is 13.2 Å². The van der Waals surface area contributed by atoms with E-state index >= 15 is 0 Å².